The van der Waals surface area contributed by atoms with E-state index in [0.29, 0.717) is 13.0 Å². The van der Waals surface area contributed by atoms with Gasteiger partial charge in [-0.2, -0.15) is 0 Å². The number of hydrogen-bond donors (Lipinski definition) is 2. The molecule has 1 saturated heterocycles. The largest absolute Gasteiger partial charge is 0.376 e. The van der Waals surface area contributed by atoms with Gasteiger partial charge >= 0.3 is 0 Å². The van der Waals surface area contributed by atoms with Gasteiger partial charge in [-0.3, -0.25) is 4.79 Å². The molecule has 0 spiro atoms. The first-order valence-electron chi connectivity index (χ1n) is 7.18. The molecule has 4 nitrogen and oxygen atoms in total. The average molecular weight is 272 g/mol. The van der Waals surface area contributed by atoms with Crippen molar-refractivity contribution in [2.75, 3.05) is 13.2 Å². The Kier molecular flexibility index (Phi) is 3.74. The van der Waals surface area contributed by atoms with Crippen LogP contribution >= 0.6 is 0 Å². The highest BCUT2D eigenvalue weighted by molar-refractivity contribution is 5.90. The number of rotatable bonds is 4. The highest BCUT2D eigenvalue weighted by Crippen LogP contribution is 2.22. The molecule has 20 heavy (non-hydrogen) atoms. The first-order chi connectivity index (χ1) is 9.74. The van der Waals surface area contributed by atoms with Crippen LogP contribution in [0.5, 0.6) is 0 Å². The molecule has 1 atom stereocenters. The van der Waals surface area contributed by atoms with E-state index >= 15 is 0 Å². The first kappa shape index (κ1) is 13.2. The molecule has 1 aromatic heterocycles. The fraction of sp³-hybridized carbons (Fsp3) is 0.438. The van der Waals surface area contributed by atoms with Gasteiger partial charge in [-0.25, -0.2) is 0 Å². The predicted molar refractivity (Wildman–Crippen MR) is 78.7 cm³/mol. The molecule has 3 rings (SSSR count). The second kappa shape index (κ2) is 5.67. The summed E-state index contributed by atoms with van der Waals surface area (Å²) in [5.74, 6) is 0.0633. The molecule has 2 aromatic rings. The lowest BCUT2D eigenvalue weighted by molar-refractivity contribution is -0.120. The van der Waals surface area contributed by atoms with Crippen LogP contribution in [0.1, 0.15) is 24.1 Å². The minimum atomic E-state index is 0.0633. The average Bonchev–Trinajstić information content (AvgIpc) is 3.06. The van der Waals surface area contributed by atoms with E-state index < -0.39 is 0 Å². The van der Waals surface area contributed by atoms with Crippen molar-refractivity contribution in [3.8, 4) is 0 Å². The topological polar surface area (TPSA) is 54.1 Å². The zero-order chi connectivity index (χ0) is 13.9. The number of fused-ring (bicyclic) bond motifs is 1. The van der Waals surface area contributed by atoms with E-state index in [1.165, 1.54) is 0 Å². The molecule has 1 amide bonds. The second-order valence-electron chi connectivity index (χ2n) is 5.39. The lowest BCUT2D eigenvalue weighted by Gasteiger charge is -2.10. The third-order valence-electron chi connectivity index (χ3n) is 3.92. The van der Waals surface area contributed by atoms with Crippen LogP contribution in [0.3, 0.4) is 0 Å². The Bertz CT molecular complexity index is 612. The summed E-state index contributed by atoms with van der Waals surface area (Å²) in [7, 11) is 0. The number of aryl methyl sites for hydroxylation is 1. The zero-order valence-electron chi connectivity index (χ0n) is 11.7. The normalized spacial score (nSPS) is 18.6. The number of aromatic nitrogens is 1. The molecule has 1 fully saturated rings. The Morgan fingerprint density at radius 2 is 2.30 bits per heavy atom. The summed E-state index contributed by atoms with van der Waals surface area (Å²) in [6, 6.07) is 8.10. The minimum absolute atomic E-state index is 0.0633. The summed E-state index contributed by atoms with van der Waals surface area (Å²) in [5.41, 5.74) is 3.25. The van der Waals surface area contributed by atoms with Gasteiger partial charge in [-0.15, -0.1) is 0 Å². The number of carbonyl (C=O) groups is 1. The van der Waals surface area contributed by atoms with E-state index in [1.54, 1.807) is 0 Å². The number of ether oxygens (including phenoxy) is 1. The Morgan fingerprint density at radius 3 is 3.10 bits per heavy atom. The van der Waals surface area contributed by atoms with Gasteiger partial charge in [0.1, 0.15) is 0 Å². The molecule has 0 bridgehead atoms. The SMILES string of the molecule is Cc1[nH]c2ccccc2c1CC(=O)NC[C@@H]1CCCO1. The van der Waals surface area contributed by atoms with Crippen molar-refractivity contribution in [2.24, 2.45) is 0 Å². The number of carbonyl (C=O) groups excluding carboxylic acids is 1. The van der Waals surface area contributed by atoms with E-state index in [0.717, 1.165) is 41.6 Å². The first-order valence-corrected chi connectivity index (χ1v) is 7.18. The molecule has 2 N–H and O–H groups in total. The number of para-hydroxylation sites is 1. The van der Waals surface area contributed by atoms with Crippen molar-refractivity contribution in [3.05, 3.63) is 35.5 Å². The highest BCUT2D eigenvalue weighted by atomic mass is 16.5. The summed E-state index contributed by atoms with van der Waals surface area (Å²) in [6.45, 7) is 3.46. The number of hydrogen-bond acceptors (Lipinski definition) is 2. The van der Waals surface area contributed by atoms with E-state index in [4.69, 9.17) is 4.74 Å². The number of nitrogens with one attached hydrogen (secondary N) is 2. The number of amides is 1. The molecule has 0 radical (unpaired) electrons. The molecule has 2 heterocycles. The quantitative estimate of drug-likeness (QED) is 0.897. The maximum absolute atomic E-state index is 12.1. The van der Waals surface area contributed by atoms with Crippen LogP contribution in [0, 0.1) is 6.92 Å². The van der Waals surface area contributed by atoms with Crippen molar-refractivity contribution in [2.45, 2.75) is 32.3 Å². The van der Waals surface area contributed by atoms with Crippen LogP contribution in [0.25, 0.3) is 10.9 Å². The molecule has 106 valence electrons. The molecule has 1 aliphatic rings. The van der Waals surface area contributed by atoms with Crippen LogP contribution in [0.2, 0.25) is 0 Å². The summed E-state index contributed by atoms with van der Waals surface area (Å²) < 4.78 is 5.51. The molecule has 0 saturated carbocycles. The lowest BCUT2D eigenvalue weighted by atomic mass is 10.1. The van der Waals surface area contributed by atoms with Crippen molar-refractivity contribution < 1.29 is 9.53 Å². The maximum Gasteiger partial charge on any atom is 0.224 e. The molecule has 0 unspecified atom stereocenters. The Labute approximate surface area is 118 Å². The van der Waals surface area contributed by atoms with Crippen LogP contribution in [-0.4, -0.2) is 30.1 Å². The van der Waals surface area contributed by atoms with Gasteiger partial charge in [0.05, 0.1) is 12.5 Å². The zero-order valence-corrected chi connectivity index (χ0v) is 11.7. The van der Waals surface area contributed by atoms with E-state index in [2.05, 4.69) is 16.4 Å². The van der Waals surface area contributed by atoms with E-state index in [-0.39, 0.29) is 12.0 Å². The summed E-state index contributed by atoms with van der Waals surface area (Å²) >= 11 is 0. The van der Waals surface area contributed by atoms with Crippen LogP contribution in [-0.2, 0) is 16.0 Å². The van der Waals surface area contributed by atoms with Gasteiger partial charge in [0.15, 0.2) is 0 Å². The number of benzene rings is 1. The summed E-state index contributed by atoms with van der Waals surface area (Å²) in [5, 5.41) is 4.11. The summed E-state index contributed by atoms with van der Waals surface area (Å²) in [4.78, 5) is 15.4. The number of aromatic amines is 1. The van der Waals surface area contributed by atoms with Gasteiger partial charge in [0, 0.05) is 29.7 Å². The number of H-pyrrole nitrogens is 1. The van der Waals surface area contributed by atoms with Crippen LogP contribution in [0.15, 0.2) is 24.3 Å². The van der Waals surface area contributed by atoms with E-state index in [9.17, 15) is 4.79 Å². The van der Waals surface area contributed by atoms with Crippen molar-refractivity contribution in [3.63, 3.8) is 0 Å². The van der Waals surface area contributed by atoms with Crippen molar-refractivity contribution in [1.82, 2.24) is 10.3 Å². The summed E-state index contributed by atoms with van der Waals surface area (Å²) in [6.07, 6.45) is 2.76. The van der Waals surface area contributed by atoms with Crippen molar-refractivity contribution in [1.29, 1.82) is 0 Å². The third-order valence-corrected chi connectivity index (χ3v) is 3.92. The molecular weight excluding hydrogens is 252 g/mol. The third kappa shape index (κ3) is 2.70. The predicted octanol–water partition coefficient (Wildman–Crippen LogP) is 2.31. The van der Waals surface area contributed by atoms with Gasteiger partial charge in [0.2, 0.25) is 5.91 Å². The Balaban J connectivity index is 1.66. The maximum atomic E-state index is 12.1. The molecule has 4 heteroatoms. The smallest absolute Gasteiger partial charge is 0.224 e. The Morgan fingerprint density at radius 1 is 1.45 bits per heavy atom. The fourth-order valence-corrected chi connectivity index (χ4v) is 2.82. The van der Waals surface area contributed by atoms with Gasteiger partial charge in [-0.05, 0) is 31.4 Å². The van der Waals surface area contributed by atoms with Crippen LogP contribution in [0.4, 0.5) is 0 Å². The second-order valence-corrected chi connectivity index (χ2v) is 5.39. The molecule has 1 aromatic carbocycles. The standard InChI is InChI=1S/C16H20N2O2/c1-11-14(13-6-2-3-7-15(13)18-11)9-16(19)17-10-12-5-4-8-20-12/h2-3,6-7,12,18H,4-5,8-10H2,1H3,(H,17,19)/t12-/m0/s1. The van der Waals surface area contributed by atoms with E-state index in [1.807, 2.05) is 25.1 Å². The minimum Gasteiger partial charge on any atom is -0.376 e. The Hall–Kier alpha value is -1.81. The van der Waals surface area contributed by atoms with Crippen molar-refractivity contribution >= 4 is 16.8 Å². The lowest BCUT2D eigenvalue weighted by Crippen LogP contribution is -2.32. The monoisotopic (exact) mass is 272 g/mol. The van der Waals surface area contributed by atoms with Gasteiger partial charge < -0.3 is 15.0 Å². The van der Waals surface area contributed by atoms with Crippen LogP contribution < -0.4 is 5.32 Å². The van der Waals surface area contributed by atoms with Gasteiger partial charge in [-0.1, -0.05) is 18.2 Å². The fourth-order valence-electron chi connectivity index (χ4n) is 2.82. The highest BCUT2D eigenvalue weighted by Gasteiger charge is 2.17. The molecule has 1 aliphatic heterocycles. The molecular formula is C16H20N2O2. The van der Waals surface area contributed by atoms with Gasteiger partial charge in [0.25, 0.3) is 0 Å². The molecule has 0 aliphatic carbocycles.